The molecule has 0 radical (unpaired) electrons. The van der Waals surface area contributed by atoms with Gasteiger partial charge in [0.25, 0.3) is 0 Å². The van der Waals surface area contributed by atoms with E-state index in [0.717, 1.165) is 5.69 Å². The minimum absolute atomic E-state index is 0.107. The lowest BCUT2D eigenvalue weighted by Crippen LogP contribution is -2.36. The van der Waals surface area contributed by atoms with Gasteiger partial charge in [-0.1, -0.05) is 18.2 Å². The normalized spacial score (nSPS) is 9.73. The summed E-state index contributed by atoms with van der Waals surface area (Å²) >= 11 is 5.60. The topological polar surface area (TPSA) is 32.3 Å². The van der Waals surface area contributed by atoms with Gasteiger partial charge in [0.1, 0.15) is 0 Å². The first kappa shape index (κ1) is 11.9. The van der Waals surface area contributed by atoms with E-state index in [2.05, 4.69) is 5.32 Å². The average Bonchev–Trinajstić information content (AvgIpc) is 2.27. The quantitative estimate of drug-likeness (QED) is 0.787. The van der Waals surface area contributed by atoms with Crippen LogP contribution < -0.4 is 5.32 Å². The lowest BCUT2D eigenvalue weighted by Gasteiger charge is -2.19. The molecule has 1 aromatic carbocycles. The van der Waals surface area contributed by atoms with E-state index in [9.17, 15) is 4.79 Å². The number of carbonyl (C=O) groups is 1. The molecule has 0 spiro atoms. The van der Waals surface area contributed by atoms with Crippen LogP contribution in [0.4, 0.5) is 10.5 Å². The largest absolute Gasteiger partial charge is 0.324 e. The van der Waals surface area contributed by atoms with Crippen molar-refractivity contribution in [2.45, 2.75) is 6.92 Å². The summed E-state index contributed by atoms with van der Waals surface area (Å²) in [6.45, 7) is 3.15. The first-order valence-corrected chi connectivity index (χ1v) is 5.48. The molecule has 0 saturated carbocycles. The molecule has 1 rings (SSSR count). The number of amides is 2. The van der Waals surface area contributed by atoms with Crippen molar-refractivity contribution < 1.29 is 4.79 Å². The highest BCUT2D eigenvalue weighted by Gasteiger charge is 2.09. The summed E-state index contributed by atoms with van der Waals surface area (Å²) < 4.78 is 0. The van der Waals surface area contributed by atoms with Crippen LogP contribution in [0.1, 0.15) is 6.92 Å². The van der Waals surface area contributed by atoms with Crippen molar-refractivity contribution in [3.05, 3.63) is 30.3 Å². The molecule has 0 aliphatic rings. The molecule has 0 aliphatic carbocycles. The maximum atomic E-state index is 11.7. The molecule has 15 heavy (non-hydrogen) atoms. The Morgan fingerprint density at radius 3 is 2.60 bits per heavy atom. The molecule has 1 aromatic rings. The summed E-state index contributed by atoms with van der Waals surface area (Å²) in [4.78, 5) is 13.4. The van der Waals surface area contributed by atoms with Crippen LogP contribution in [0.3, 0.4) is 0 Å². The molecule has 3 nitrogen and oxygen atoms in total. The Labute approximate surface area is 95.0 Å². The molecule has 1 N–H and O–H groups in total. The lowest BCUT2D eigenvalue weighted by atomic mass is 10.3. The molecular formula is C11H15ClN2O. The molecule has 0 aliphatic heterocycles. The van der Waals surface area contributed by atoms with Crippen LogP contribution in [0, 0.1) is 0 Å². The molecule has 0 bridgehead atoms. The van der Waals surface area contributed by atoms with Gasteiger partial charge in [-0.3, -0.25) is 0 Å². The van der Waals surface area contributed by atoms with Crippen LogP contribution in [0.2, 0.25) is 0 Å². The van der Waals surface area contributed by atoms with Crippen LogP contribution in [0.5, 0.6) is 0 Å². The SMILES string of the molecule is CCN(CCCl)C(=O)Nc1ccccc1. The highest BCUT2D eigenvalue weighted by atomic mass is 35.5. The predicted molar refractivity (Wildman–Crippen MR) is 63.4 cm³/mol. The Morgan fingerprint density at radius 2 is 2.07 bits per heavy atom. The number of anilines is 1. The number of halogens is 1. The number of benzene rings is 1. The molecular weight excluding hydrogens is 212 g/mol. The van der Waals surface area contributed by atoms with Crippen molar-refractivity contribution in [3.8, 4) is 0 Å². The first-order valence-electron chi connectivity index (χ1n) is 4.95. The zero-order valence-corrected chi connectivity index (χ0v) is 9.50. The molecule has 82 valence electrons. The van der Waals surface area contributed by atoms with Crippen molar-refractivity contribution in [2.75, 3.05) is 24.3 Å². The summed E-state index contributed by atoms with van der Waals surface area (Å²) in [7, 11) is 0. The average molecular weight is 227 g/mol. The van der Waals surface area contributed by atoms with E-state index < -0.39 is 0 Å². The zero-order valence-electron chi connectivity index (χ0n) is 8.74. The summed E-state index contributed by atoms with van der Waals surface area (Å²) in [6, 6.07) is 9.27. The van der Waals surface area contributed by atoms with Crippen LogP contribution in [-0.2, 0) is 0 Å². The fourth-order valence-electron chi connectivity index (χ4n) is 1.23. The van der Waals surface area contributed by atoms with Crippen LogP contribution >= 0.6 is 11.6 Å². The van der Waals surface area contributed by atoms with Gasteiger partial charge in [-0.2, -0.15) is 0 Å². The Balaban J connectivity index is 2.54. The highest BCUT2D eigenvalue weighted by molar-refractivity contribution is 6.18. The van der Waals surface area contributed by atoms with Crippen LogP contribution in [0.15, 0.2) is 30.3 Å². The van der Waals surface area contributed by atoms with E-state index in [-0.39, 0.29) is 6.03 Å². The van der Waals surface area contributed by atoms with Crippen molar-refractivity contribution in [1.82, 2.24) is 4.90 Å². The first-order chi connectivity index (χ1) is 7.27. The fraction of sp³-hybridized carbons (Fsp3) is 0.364. The molecule has 0 unspecified atom stereocenters. The second-order valence-corrected chi connectivity index (χ2v) is 3.44. The van der Waals surface area contributed by atoms with Crippen molar-refractivity contribution >= 4 is 23.3 Å². The van der Waals surface area contributed by atoms with Gasteiger partial charge >= 0.3 is 6.03 Å². The lowest BCUT2D eigenvalue weighted by molar-refractivity contribution is 0.217. The second-order valence-electron chi connectivity index (χ2n) is 3.06. The number of hydrogen-bond donors (Lipinski definition) is 1. The number of carbonyl (C=O) groups excluding carboxylic acids is 1. The third-order valence-electron chi connectivity index (χ3n) is 2.05. The Kier molecular flexibility index (Phi) is 4.98. The number of rotatable bonds is 4. The molecule has 2 amide bonds. The number of para-hydroxylation sites is 1. The van der Waals surface area contributed by atoms with Crippen molar-refractivity contribution in [3.63, 3.8) is 0 Å². The van der Waals surface area contributed by atoms with E-state index >= 15 is 0 Å². The van der Waals surface area contributed by atoms with E-state index in [4.69, 9.17) is 11.6 Å². The predicted octanol–water partition coefficient (Wildman–Crippen LogP) is 2.78. The summed E-state index contributed by atoms with van der Waals surface area (Å²) in [6.07, 6.45) is 0. The molecule has 0 aromatic heterocycles. The molecule has 0 heterocycles. The van der Waals surface area contributed by atoms with E-state index in [0.29, 0.717) is 19.0 Å². The smallest absolute Gasteiger partial charge is 0.321 e. The van der Waals surface area contributed by atoms with Crippen LogP contribution in [-0.4, -0.2) is 29.9 Å². The summed E-state index contributed by atoms with van der Waals surface area (Å²) in [5, 5.41) is 2.81. The maximum Gasteiger partial charge on any atom is 0.321 e. The van der Waals surface area contributed by atoms with Crippen molar-refractivity contribution in [2.24, 2.45) is 0 Å². The molecule has 4 heteroatoms. The van der Waals surface area contributed by atoms with Gasteiger partial charge in [0.15, 0.2) is 0 Å². The summed E-state index contributed by atoms with van der Waals surface area (Å²) in [5.41, 5.74) is 0.801. The van der Waals surface area contributed by atoms with Gasteiger partial charge in [0.05, 0.1) is 0 Å². The van der Waals surface area contributed by atoms with Crippen LogP contribution in [0.25, 0.3) is 0 Å². The number of hydrogen-bond acceptors (Lipinski definition) is 1. The van der Waals surface area contributed by atoms with Gasteiger partial charge < -0.3 is 10.2 Å². The fourth-order valence-corrected chi connectivity index (χ4v) is 1.43. The highest BCUT2D eigenvalue weighted by Crippen LogP contribution is 2.06. The van der Waals surface area contributed by atoms with Gasteiger partial charge in [-0.05, 0) is 19.1 Å². The molecule has 0 saturated heterocycles. The Hall–Kier alpha value is -1.22. The van der Waals surface area contributed by atoms with Crippen molar-refractivity contribution in [1.29, 1.82) is 0 Å². The molecule has 0 fully saturated rings. The van der Waals surface area contributed by atoms with E-state index in [1.807, 2.05) is 37.3 Å². The zero-order chi connectivity index (χ0) is 11.1. The standard InChI is InChI=1S/C11H15ClN2O/c1-2-14(9-8-12)11(15)13-10-6-4-3-5-7-10/h3-7H,2,8-9H2,1H3,(H,13,15). The summed E-state index contributed by atoms with van der Waals surface area (Å²) in [5.74, 6) is 0.454. The molecule has 0 atom stereocenters. The van der Waals surface area contributed by atoms with Gasteiger partial charge in [0, 0.05) is 24.7 Å². The number of nitrogens with one attached hydrogen (secondary N) is 1. The van der Waals surface area contributed by atoms with Gasteiger partial charge in [-0.15, -0.1) is 11.6 Å². The van der Waals surface area contributed by atoms with Gasteiger partial charge in [-0.25, -0.2) is 4.79 Å². The minimum atomic E-state index is -0.107. The van der Waals surface area contributed by atoms with E-state index in [1.54, 1.807) is 4.90 Å². The maximum absolute atomic E-state index is 11.7. The second kappa shape index (κ2) is 6.30. The number of alkyl halides is 1. The van der Waals surface area contributed by atoms with Gasteiger partial charge in [0.2, 0.25) is 0 Å². The Morgan fingerprint density at radius 1 is 1.40 bits per heavy atom. The third kappa shape index (κ3) is 3.80. The monoisotopic (exact) mass is 226 g/mol. The minimum Gasteiger partial charge on any atom is -0.324 e. The number of urea groups is 1. The van der Waals surface area contributed by atoms with E-state index in [1.165, 1.54) is 0 Å². The Bertz CT molecular complexity index is 303. The number of nitrogens with zero attached hydrogens (tertiary/aromatic N) is 1. The third-order valence-corrected chi connectivity index (χ3v) is 2.22.